The number of para-hydroxylation sites is 3. The van der Waals surface area contributed by atoms with Crippen LogP contribution in [-0.2, 0) is 0 Å². The molecule has 0 radical (unpaired) electrons. The molecule has 1 heterocycles. The highest BCUT2D eigenvalue weighted by atomic mass is 16.5. The first-order valence-corrected chi connectivity index (χ1v) is 7.81. The Hall–Kier alpha value is -2.53. The van der Waals surface area contributed by atoms with Crippen molar-refractivity contribution in [1.29, 1.82) is 0 Å². The van der Waals surface area contributed by atoms with Crippen molar-refractivity contribution in [1.82, 2.24) is 5.01 Å². The lowest BCUT2D eigenvalue weighted by molar-refractivity contribution is -0.838. The smallest absolute Gasteiger partial charge is 0.179 e. The molecule has 2 aromatic rings. The SMILES string of the molecule is COc1ccccc1[NH+]1CCN(N=Cc2ccccc2[O-])CC1. The highest BCUT2D eigenvalue weighted by Crippen LogP contribution is 2.19. The normalized spacial score (nSPS) is 16.0. The Kier molecular flexibility index (Phi) is 4.78. The van der Waals surface area contributed by atoms with Crippen LogP contribution in [-0.4, -0.2) is 44.5 Å². The molecule has 1 fully saturated rings. The lowest BCUT2D eigenvalue weighted by atomic mass is 10.2. The Bertz CT molecular complexity index is 679. The van der Waals surface area contributed by atoms with Crippen LogP contribution in [0.5, 0.6) is 11.5 Å². The first-order valence-electron chi connectivity index (χ1n) is 7.81. The van der Waals surface area contributed by atoms with E-state index < -0.39 is 0 Å². The van der Waals surface area contributed by atoms with Crippen LogP contribution in [0, 0.1) is 0 Å². The average molecular weight is 311 g/mol. The molecule has 23 heavy (non-hydrogen) atoms. The number of quaternary nitrogens is 1. The number of rotatable bonds is 4. The number of nitrogens with one attached hydrogen (secondary N) is 1. The second-order valence-corrected chi connectivity index (χ2v) is 5.54. The van der Waals surface area contributed by atoms with Crippen LogP contribution in [0.1, 0.15) is 5.56 Å². The van der Waals surface area contributed by atoms with E-state index in [0.717, 1.165) is 31.9 Å². The largest absolute Gasteiger partial charge is 0.872 e. The van der Waals surface area contributed by atoms with Crippen LogP contribution in [0.4, 0.5) is 5.69 Å². The predicted molar refractivity (Wildman–Crippen MR) is 88.4 cm³/mol. The molecule has 2 aromatic carbocycles. The highest BCUT2D eigenvalue weighted by molar-refractivity contribution is 5.82. The third-order valence-corrected chi connectivity index (χ3v) is 4.11. The lowest BCUT2D eigenvalue weighted by Gasteiger charge is -2.30. The number of methoxy groups -OCH3 is 1. The Morgan fingerprint density at radius 2 is 1.78 bits per heavy atom. The summed E-state index contributed by atoms with van der Waals surface area (Å²) in [6, 6.07) is 15.1. The molecule has 1 aliphatic heterocycles. The number of hydrazone groups is 1. The molecule has 1 saturated heterocycles. The van der Waals surface area contributed by atoms with Gasteiger partial charge in [-0.1, -0.05) is 42.1 Å². The van der Waals surface area contributed by atoms with Gasteiger partial charge in [-0.25, -0.2) is 0 Å². The summed E-state index contributed by atoms with van der Waals surface area (Å²) < 4.78 is 5.45. The Balaban J connectivity index is 1.61. The van der Waals surface area contributed by atoms with Crippen LogP contribution < -0.4 is 14.7 Å². The van der Waals surface area contributed by atoms with E-state index in [1.807, 2.05) is 29.3 Å². The van der Waals surface area contributed by atoms with Crippen molar-refractivity contribution in [2.24, 2.45) is 5.10 Å². The van der Waals surface area contributed by atoms with Crippen LogP contribution in [0.25, 0.3) is 0 Å². The molecule has 1 N–H and O–H groups in total. The van der Waals surface area contributed by atoms with Gasteiger partial charge < -0.3 is 9.84 Å². The molecule has 1 aliphatic rings. The van der Waals surface area contributed by atoms with E-state index >= 15 is 0 Å². The second kappa shape index (κ2) is 7.15. The van der Waals surface area contributed by atoms with Crippen LogP contribution in [0.3, 0.4) is 0 Å². The third-order valence-electron chi connectivity index (χ3n) is 4.11. The molecule has 120 valence electrons. The van der Waals surface area contributed by atoms with Crippen molar-refractivity contribution in [3.8, 4) is 11.5 Å². The molecule has 0 saturated carbocycles. The van der Waals surface area contributed by atoms with Gasteiger partial charge in [-0.15, -0.1) is 0 Å². The number of ether oxygens (including phenoxy) is 1. The summed E-state index contributed by atoms with van der Waals surface area (Å²) in [6.07, 6.45) is 1.66. The van der Waals surface area contributed by atoms with E-state index in [1.165, 1.54) is 10.6 Å². The van der Waals surface area contributed by atoms with Crippen molar-refractivity contribution < 1.29 is 14.7 Å². The number of nitrogens with zero attached hydrogens (tertiary/aromatic N) is 2. The van der Waals surface area contributed by atoms with Gasteiger partial charge in [0.2, 0.25) is 0 Å². The molecule has 0 amide bonds. The number of hydrogen-bond donors (Lipinski definition) is 1. The van der Waals surface area contributed by atoms with Crippen molar-refractivity contribution in [2.75, 3.05) is 33.3 Å². The van der Waals surface area contributed by atoms with Crippen LogP contribution >= 0.6 is 0 Å². The summed E-state index contributed by atoms with van der Waals surface area (Å²) in [5.41, 5.74) is 1.83. The third kappa shape index (κ3) is 3.63. The Morgan fingerprint density at radius 3 is 2.52 bits per heavy atom. The van der Waals surface area contributed by atoms with Crippen molar-refractivity contribution in [3.63, 3.8) is 0 Å². The molecule has 3 rings (SSSR count). The Morgan fingerprint density at radius 1 is 1.09 bits per heavy atom. The maximum Gasteiger partial charge on any atom is 0.179 e. The van der Waals surface area contributed by atoms with Gasteiger partial charge in [-0.3, -0.25) is 9.91 Å². The van der Waals surface area contributed by atoms with Crippen LogP contribution in [0.15, 0.2) is 53.6 Å². The number of piperazine rings is 1. The molecule has 0 spiro atoms. The molecule has 5 heteroatoms. The van der Waals surface area contributed by atoms with E-state index in [1.54, 1.807) is 31.5 Å². The van der Waals surface area contributed by atoms with Gasteiger partial charge >= 0.3 is 0 Å². The zero-order valence-electron chi connectivity index (χ0n) is 13.2. The zero-order chi connectivity index (χ0) is 16.1. The second-order valence-electron chi connectivity index (χ2n) is 5.54. The van der Waals surface area contributed by atoms with E-state index in [9.17, 15) is 5.11 Å². The minimum Gasteiger partial charge on any atom is -0.872 e. The Labute approximate surface area is 136 Å². The monoisotopic (exact) mass is 311 g/mol. The van der Waals surface area contributed by atoms with Gasteiger partial charge in [0.05, 0.1) is 26.4 Å². The summed E-state index contributed by atoms with van der Waals surface area (Å²) in [5.74, 6) is 0.939. The maximum atomic E-state index is 11.7. The van der Waals surface area contributed by atoms with Crippen molar-refractivity contribution >= 4 is 11.9 Å². The first kappa shape index (κ1) is 15.4. The fourth-order valence-corrected chi connectivity index (χ4v) is 2.82. The lowest BCUT2D eigenvalue weighted by Crippen LogP contribution is -3.10. The van der Waals surface area contributed by atoms with E-state index in [2.05, 4.69) is 11.2 Å². The molecule has 0 atom stereocenters. The fraction of sp³-hybridized carbons (Fsp3) is 0.278. The summed E-state index contributed by atoms with van der Waals surface area (Å²) >= 11 is 0. The first-order chi connectivity index (χ1) is 11.3. The van der Waals surface area contributed by atoms with E-state index in [-0.39, 0.29) is 5.75 Å². The zero-order valence-corrected chi connectivity index (χ0v) is 13.2. The minimum absolute atomic E-state index is 0.00883. The van der Waals surface area contributed by atoms with Gasteiger partial charge in [0.1, 0.15) is 13.1 Å². The molecular weight excluding hydrogens is 290 g/mol. The van der Waals surface area contributed by atoms with E-state index in [0.29, 0.717) is 5.56 Å². The fourth-order valence-electron chi connectivity index (χ4n) is 2.82. The summed E-state index contributed by atoms with van der Waals surface area (Å²) in [6.45, 7) is 3.61. The summed E-state index contributed by atoms with van der Waals surface area (Å²) in [5, 5.41) is 18.1. The number of hydrogen-bond acceptors (Lipinski definition) is 4. The standard InChI is InChI=1S/C18H21N3O2/c1-23-18-9-5-3-7-16(18)20-10-12-21(13-11-20)19-14-15-6-2-4-8-17(15)22/h2-9,14,22H,10-13H2,1H3. The van der Waals surface area contributed by atoms with Crippen LogP contribution in [0.2, 0.25) is 0 Å². The maximum absolute atomic E-state index is 11.7. The quantitative estimate of drug-likeness (QED) is 0.843. The number of benzene rings is 2. The van der Waals surface area contributed by atoms with E-state index in [4.69, 9.17) is 4.74 Å². The molecular formula is C18H21N3O2. The molecule has 0 aromatic heterocycles. The van der Waals surface area contributed by atoms with Crippen molar-refractivity contribution in [2.45, 2.75) is 0 Å². The topological polar surface area (TPSA) is 52.3 Å². The molecule has 0 unspecified atom stereocenters. The van der Waals surface area contributed by atoms with Gasteiger partial charge in [0.15, 0.2) is 11.4 Å². The van der Waals surface area contributed by atoms with Gasteiger partial charge in [-0.05, 0) is 11.6 Å². The summed E-state index contributed by atoms with van der Waals surface area (Å²) in [4.78, 5) is 1.40. The van der Waals surface area contributed by atoms with Gasteiger partial charge in [0, 0.05) is 6.07 Å². The summed E-state index contributed by atoms with van der Waals surface area (Å²) in [7, 11) is 1.71. The molecule has 5 nitrogen and oxygen atoms in total. The van der Waals surface area contributed by atoms with Gasteiger partial charge in [0.25, 0.3) is 0 Å². The molecule has 0 bridgehead atoms. The van der Waals surface area contributed by atoms with Gasteiger partial charge in [-0.2, -0.15) is 5.10 Å². The molecule has 0 aliphatic carbocycles. The predicted octanol–water partition coefficient (Wildman–Crippen LogP) is 0.635. The van der Waals surface area contributed by atoms with Crippen molar-refractivity contribution in [3.05, 3.63) is 54.1 Å². The highest BCUT2D eigenvalue weighted by Gasteiger charge is 2.23. The average Bonchev–Trinajstić information content (AvgIpc) is 2.61. The minimum atomic E-state index is 0.00883.